The molecule has 1 heterocycles. The molecule has 1 saturated heterocycles. The van der Waals surface area contributed by atoms with Crippen LogP contribution in [0.5, 0.6) is 0 Å². The molecule has 0 spiro atoms. The lowest BCUT2D eigenvalue weighted by Crippen LogP contribution is -2.46. The smallest absolute Gasteiger partial charge is 0.148 e. The van der Waals surface area contributed by atoms with E-state index < -0.39 is 0 Å². The molecular weight excluding hydrogens is 276 g/mol. The zero-order valence-corrected chi connectivity index (χ0v) is 13.2. The molecule has 0 amide bonds. The molecule has 2 aliphatic rings. The molecule has 1 fully saturated rings. The van der Waals surface area contributed by atoms with Crippen LogP contribution in [0.25, 0.3) is 0 Å². The number of nitrogens with zero attached hydrogens (tertiary/aromatic N) is 2. The summed E-state index contributed by atoms with van der Waals surface area (Å²) in [4.78, 5) is 4.88. The van der Waals surface area contributed by atoms with E-state index in [0.717, 1.165) is 57.2 Å². The molecule has 0 aromatic heterocycles. The van der Waals surface area contributed by atoms with Crippen LogP contribution < -0.4 is 0 Å². The fraction of sp³-hybridized carbons (Fsp3) is 0.733. The van der Waals surface area contributed by atoms with Crippen molar-refractivity contribution in [3.63, 3.8) is 0 Å². The lowest BCUT2D eigenvalue weighted by molar-refractivity contribution is 0.0685. The largest absolute Gasteiger partial charge is 0.496 e. The van der Waals surface area contributed by atoms with Gasteiger partial charge in [0.05, 0.1) is 12.8 Å². The van der Waals surface area contributed by atoms with Crippen LogP contribution in [0, 0.1) is 0 Å². The maximum atomic E-state index is 5.76. The quantitative estimate of drug-likeness (QED) is 0.701. The van der Waals surface area contributed by atoms with Crippen molar-refractivity contribution >= 4 is 11.6 Å². The molecule has 0 bridgehead atoms. The Bertz CT molecular complexity index is 363. The van der Waals surface area contributed by atoms with E-state index in [0.29, 0.717) is 0 Å². The second kappa shape index (κ2) is 7.91. The molecule has 0 saturated carbocycles. The van der Waals surface area contributed by atoms with Crippen molar-refractivity contribution in [1.29, 1.82) is 0 Å². The molecule has 0 N–H and O–H groups in total. The first-order valence-corrected chi connectivity index (χ1v) is 7.84. The maximum absolute atomic E-state index is 5.76. The molecule has 4 nitrogen and oxygen atoms in total. The van der Waals surface area contributed by atoms with Gasteiger partial charge < -0.3 is 14.4 Å². The lowest BCUT2D eigenvalue weighted by Gasteiger charge is -2.38. The van der Waals surface area contributed by atoms with Gasteiger partial charge in [-0.05, 0) is 25.5 Å². The van der Waals surface area contributed by atoms with Crippen molar-refractivity contribution in [2.24, 2.45) is 0 Å². The predicted octanol–water partition coefficient (Wildman–Crippen LogP) is 2.07. The number of alkyl halides is 1. The van der Waals surface area contributed by atoms with Crippen LogP contribution in [0.3, 0.4) is 0 Å². The zero-order valence-electron chi connectivity index (χ0n) is 12.5. The highest BCUT2D eigenvalue weighted by Crippen LogP contribution is 2.25. The Morgan fingerprint density at radius 2 is 2.00 bits per heavy atom. The minimum absolute atomic E-state index is 0.0503. The highest BCUT2D eigenvalue weighted by molar-refractivity contribution is 6.17. The number of ether oxygens (including phenoxy) is 2. The van der Waals surface area contributed by atoms with Crippen LogP contribution >= 0.6 is 11.6 Å². The first-order valence-electron chi connectivity index (χ1n) is 7.31. The van der Waals surface area contributed by atoms with Crippen LogP contribution in [0.1, 0.15) is 12.8 Å². The van der Waals surface area contributed by atoms with Crippen LogP contribution in [0.4, 0.5) is 0 Å². The van der Waals surface area contributed by atoms with Gasteiger partial charge in [0.25, 0.3) is 0 Å². The third kappa shape index (κ3) is 3.68. The SMILES string of the molecule is COC1=C(N2CCN(CCCCl)CC2)C=CCC1OC. The van der Waals surface area contributed by atoms with Gasteiger partial charge in [0.15, 0.2) is 0 Å². The number of hydrogen-bond donors (Lipinski definition) is 0. The molecule has 1 unspecified atom stereocenters. The van der Waals surface area contributed by atoms with Gasteiger partial charge in [0, 0.05) is 39.2 Å². The average Bonchev–Trinajstić information content (AvgIpc) is 2.52. The molecule has 0 radical (unpaired) electrons. The normalized spacial score (nSPS) is 24.4. The lowest BCUT2D eigenvalue weighted by atomic mass is 10.1. The maximum Gasteiger partial charge on any atom is 0.148 e. The van der Waals surface area contributed by atoms with E-state index in [-0.39, 0.29) is 6.10 Å². The van der Waals surface area contributed by atoms with Gasteiger partial charge >= 0.3 is 0 Å². The number of rotatable bonds is 6. The second-order valence-corrected chi connectivity index (χ2v) is 5.57. The van der Waals surface area contributed by atoms with Crippen molar-refractivity contribution in [1.82, 2.24) is 9.80 Å². The summed E-state index contributed by atoms with van der Waals surface area (Å²) >= 11 is 5.76. The van der Waals surface area contributed by atoms with Gasteiger partial charge in [0.2, 0.25) is 0 Å². The van der Waals surface area contributed by atoms with E-state index in [1.807, 2.05) is 0 Å². The summed E-state index contributed by atoms with van der Waals surface area (Å²) in [5.74, 6) is 1.71. The third-order valence-electron chi connectivity index (χ3n) is 4.00. The fourth-order valence-corrected chi connectivity index (χ4v) is 2.97. The van der Waals surface area contributed by atoms with Gasteiger partial charge in [0.1, 0.15) is 11.9 Å². The minimum Gasteiger partial charge on any atom is -0.496 e. The zero-order chi connectivity index (χ0) is 14.4. The van der Waals surface area contributed by atoms with E-state index in [4.69, 9.17) is 21.1 Å². The molecular formula is C15H25ClN2O2. The van der Waals surface area contributed by atoms with Crippen LogP contribution in [-0.4, -0.2) is 68.7 Å². The van der Waals surface area contributed by atoms with Gasteiger partial charge in [-0.2, -0.15) is 0 Å². The second-order valence-electron chi connectivity index (χ2n) is 5.19. The van der Waals surface area contributed by atoms with Crippen molar-refractivity contribution in [2.45, 2.75) is 18.9 Å². The molecule has 0 aromatic carbocycles. The molecule has 114 valence electrons. The summed E-state index contributed by atoms with van der Waals surface area (Å²) in [5, 5.41) is 0. The molecule has 0 aromatic rings. The average molecular weight is 301 g/mol. The van der Waals surface area contributed by atoms with Gasteiger partial charge in [-0.1, -0.05) is 6.08 Å². The monoisotopic (exact) mass is 300 g/mol. The number of hydrogen-bond acceptors (Lipinski definition) is 4. The minimum atomic E-state index is 0.0503. The summed E-state index contributed by atoms with van der Waals surface area (Å²) in [6, 6.07) is 0. The summed E-state index contributed by atoms with van der Waals surface area (Å²) in [5.41, 5.74) is 1.18. The summed E-state index contributed by atoms with van der Waals surface area (Å²) in [7, 11) is 3.47. The summed E-state index contributed by atoms with van der Waals surface area (Å²) in [6.07, 6.45) is 6.35. The molecule has 5 heteroatoms. The van der Waals surface area contributed by atoms with Gasteiger partial charge in [-0.15, -0.1) is 11.6 Å². The number of piperazine rings is 1. The van der Waals surface area contributed by atoms with E-state index in [1.54, 1.807) is 14.2 Å². The first kappa shape index (κ1) is 15.7. The Kier molecular flexibility index (Phi) is 6.20. The fourth-order valence-electron chi connectivity index (χ4n) is 2.85. The highest BCUT2D eigenvalue weighted by Gasteiger charge is 2.26. The van der Waals surface area contributed by atoms with E-state index in [2.05, 4.69) is 22.0 Å². The Morgan fingerprint density at radius 3 is 2.60 bits per heavy atom. The van der Waals surface area contributed by atoms with Crippen molar-refractivity contribution in [2.75, 3.05) is 52.8 Å². The van der Waals surface area contributed by atoms with Crippen LogP contribution in [0.15, 0.2) is 23.6 Å². The van der Waals surface area contributed by atoms with Crippen LogP contribution in [-0.2, 0) is 9.47 Å². The number of halogens is 1. The Balaban J connectivity index is 1.98. The molecule has 1 aliphatic heterocycles. The Labute approximate surface area is 127 Å². The first-order chi connectivity index (χ1) is 9.80. The van der Waals surface area contributed by atoms with Gasteiger partial charge in [-0.3, -0.25) is 4.90 Å². The topological polar surface area (TPSA) is 24.9 Å². The summed E-state index contributed by atoms with van der Waals surface area (Å²) < 4.78 is 11.1. The number of methoxy groups -OCH3 is 2. The summed E-state index contributed by atoms with van der Waals surface area (Å²) in [6.45, 7) is 5.34. The highest BCUT2D eigenvalue weighted by atomic mass is 35.5. The van der Waals surface area contributed by atoms with Crippen molar-refractivity contribution in [3.05, 3.63) is 23.6 Å². The van der Waals surface area contributed by atoms with E-state index in [1.165, 1.54) is 5.70 Å². The Hall–Kier alpha value is -0.710. The van der Waals surface area contributed by atoms with E-state index >= 15 is 0 Å². The van der Waals surface area contributed by atoms with Crippen molar-refractivity contribution < 1.29 is 9.47 Å². The standard InChI is InChI=1S/C15H25ClN2O2/c1-19-14-6-3-5-13(15(14)20-2)18-11-9-17(10-12-18)8-4-7-16/h3,5,14H,4,6-12H2,1-2H3. The number of allylic oxidation sites excluding steroid dienone is 1. The molecule has 1 atom stereocenters. The van der Waals surface area contributed by atoms with E-state index in [9.17, 15) is 0 Å². The molecule has 2 rings (SSSR count). The predicted molar refractivity (Wildman–Crippen MR) is 81.9 cm³/mol. The molecule has 1 aliphatic carbocycles. The van der Waals surface area contributed by atoms with Crippen molar-refractivity contribution in [3.8, 4) is 0 Å². The Morgan fingerprint density at radius 1 is 1.25 bits per heavy atom. The van der Waals surface area contributed by atoms with Gasteiger partial charge in [-0.25, -0.2) is 0 Å². The van der Waals surface area contributed by atoms with Crippen LogP contribution in [0.2, 0.25) is 0 Å². The third-order valence-corrected chi connectivity index (χ3v) is 4.26. The molecule has 20 heavy (non-hydrogen) atoms.